The second kappa shape index (κ2) is 6.07. The summed E-state index contributed by atoms with van der Waals surface area (Å²) >= 11 is 0. The van der Waals surface area contributed by atoms with E-state index in [-0.39, 0.29) is 17.7 Å². The van der Waals surface area contributed by atoms with Crippen LogP contribution < -0.4 is 9.47 Å². The molecule has 0 spiro atoms. The number of hydrogen-bond donors (Lipinski definition) is 1. The lowest BCUT2D eigenvalue weighted by Crippen LogP contribution is -2.23. The first kappa shape index (κ1) is 16.2. The Morgan fingerprint density at radius 2 is 1.80 bits per heavy atom. The van der Waals surface area contributed by atoms with E-state index in [0.29, 0.717) is 11.3 Å². The normalized spacial score (nSPS) is 11.6. The van der Waals surface area contributed by atoms with Crippen LogP contribution in [-0.2, 0) is 10.2 Å². The van der Waals surface area contributed by atoms with Crippen molar-refractivity contribution in [1.29, 1.82) is 0 Å². The van der Waals surface area contributed by atoms with E-state index in [1.165, 1.54) is 26.4 Å². The third-order valence-electron chi connectivity index (χ3n) is 3.11. The molecule has 6 heteroatoms. The monoisotopic (exact) mass is 288 g/mol. The van der Waals surface area contributed by atoms with Gasteiger partial charge in [-0.3, -0.25) is 4.79 Å². The molecule has 0 saturated heterocycles. The number of carboxylic acids is 1. The van der Waals surface area contributed by atoms with Crippen LogP contribution in [0, 0.1) is 0 Å². The van der Waals surface area contributed by atoms with E-state index in [9.17, 15) is 13.6 Å². The maximum Gasteiger partial charge on any atom is 0.304 e. The Morgan fingerprint density at radius 3 is 2.20 bits per heavy atom. The summed E-state index contributed by atoms with van der Waals surface area (Å²) in [7, 11) is 2.69. The second-order valence-electron chi connectivity index (χ2n) is 5.05. The Bertz CT molecular complexity index is 498. The van der Waals surface area contributed by atoms with E-state index < -0.39 is 17.8 Å². The van der Waals surface area contributed by atoms with Crippen LogP contribution in [0.2, 0.25) is 0 Å². The lowest BCUT2D eigenvalue weighted by molar-refractivity contribution is -0.138. The smallest absolute Gasteiger partial charge is 0.304 e. The molecule has 0 aliphatic carbocycles. The van der Waals surface area contributed by atoms with Crippen LogP contribution in [0.25, 0.3) is 0 Å². The number of carboxylic acid groups (broad SMARTS) is 1. The maximum atomic E-state index is 13.0. The number of hydrogen-bond acceptors (Lipinski definition) is 3. The fourth-order valence-corrected chi connectivity index (χ4v) is 2.10. The first-order chi connectivity index (χ1) is 9.22. The zero-order valence-electron chi connectivity index (χ0n) is 11.9. The highest BCUT2D eigenvalue weighted by molar-refractivity contribution is 5.69. The largest absolute Gasteiger partial charge is 0.496 e. The molecule has 0 fully saturated rings. The standard InChI is InChI=1S/C14H18F2O4/c1-14(2,7-12(17)18)9-5-8(13(15)16)10(19-3)6-11(9)20-4/h5-6,13H,7H2,1-4H3,(H,17,18). The number of alkyl halides is 2. The van der Waals surface area contributed by atoms with Crippen molar-refractivity contribution < 1.29 is 28.2 Å². The molecule has 0 bridgehead atoms. The Balaban J connectivity index is 3.44. The van der Waals surface area contributed by atoms with Crippen LogP contribution >= 0.6 is 0 Å². The molecule has 0 saturated carbocycles. The molecule has 0 aromatic heterocycles. The Labute approximate surface area is 116 Å². The van der Waals surface area contributed by atoms with Crippen LogP contribution in [0.1, 0.15) is 37.8 Å². The van der Waals surface area contributed by atoms with Gasteiger partial charge < -0.3 is 14.6 Å². The minimum absolute atomic E-state index is 0.0201. The average Bonchev–Trinajstić information content (AvgIpc) is 2.35. The molecule has 0 atom stereocenters. The average molecular weight is 288 g/mol. The van der Waals surface area contributed by atoms with Crippen molar-refractivity contribution >= 4 is 5.97 Å². The van der Waals surface area contributed by atoms with Crippen LogP contribution in [0.5, 0.6) is 11.5 Å². The number of methoxy groups -OCH3 is 2. The highest BCUT2D eigenvalue weighted by Crippen LogP contribution is 2.41. The van der Waals surface area contributed by atoms with Gasteiger partial charge in [-0.25, -0.2) is 8.78 Å². The molecule has 1 aromatic carbocycles. The van der Waals surface area contributed by atoms with Gasteiger partial charge in [0.2, 0.25) is 0 Å². The molecule has 1 rings (SSSR count). The Kier molecular flexibility index (Phi) is 4.92. The molecular weight excluding hydrogens is 270 g/mol. The first-order valence-electron chi connectivity index (χ1n) is 5.99. The molecule has 4 nitrogen and oxygen atoms in total. The molecule has 112 valence electrons. The van der Waals surface area contributed by atoms with Gasteiger partial charge in [0.25, 0.3) is 6.43 Å². The van der Waals surface area contributed by atoms with Crippen molar-refractivity contribution in [1.82, 2.24) is 0 Å². The summed E-state index contributed by atoms with van der Waals surface area (Å²) in [5.41, 5.74) is -0.701. The summed E-state index contributed by atoms with van der Waals surface area (Å²) in [4.78, 5) is 10.9. The SMILES string of the molecule is COc1cc(OC)c(C(C)(C)CC(=O)O)cc1C(F)F. The van der Waals surface area contributed by atoms with Crippen molar-refractivity contribution in [2.45, 2.75) is 32.1 Å². The lowest BCUT2D eigenvalue weighted by Gasteiger charge is -2.26. The van der Waals surface area contributed by atoms with Gasteiger partial charge in [-0.1, -0.05) is 13.8 Å². The lowest BCUT2D eigenvalue weighted by atomic mass is 9.80. The molecule has 0 radical (unpaired) electrons. The zero-order chi connectivity index (χ0) is 15.5. The minimum Gasteiger partial charge on any atom is -0.496 e. The third-order valence-corrected chi connectivity index (χ3v) is 3.11. The van der Waals surface area contributed by atoms with E-state index in [1.54, 1.807) is 13.8 Å². The predicted octanol–water partition coefficient (Wildman–Crippen LogP) is 3.39. The summed E-state index contributed by atoms with van der Waals surface area (Å²) in [5.74, 6) is -0.657. The first-order valence-corrected chi connectivity index (χ1v) is 5.99. The van der Waals surface area contributed by atoms with E-state index >= 15 is 0 Å². The molecule has 0 aliphatic rings. The molecule has 1 N–H and O–H groups in total. The van der Waals surface area contributed by atoms with Crippen molar-refractivity contribution in [3.63, 3.8) is 0 Å². The van der Waals surface area contributed by atoms with Gasteiger partial charge in [0, 0.05) is 17.0 Å². The predicted molar refractivity (Wildman–Crippen MR) is 69.8 cm³/mol. The van der Waals surface area contributed by atoms with Gasteiger partial charge in [-0.2, -0.15) is 0 Å². The van der Waals surface area contributed by atoms with E-state index in [0.717, 1.165) is 0 Å². The molecule has 1 aromatic rings. The number of carbonyl (C=O) groups is 1. The number of aliphatic carboxylic acids is 1. The number of ether oxygens (including phenoxy) is 2. The van der Waals surface area contributed by atoms with E-state index in [1.807, 2.05) is 0 Å². The van der Waals surface area contributed by atoms with Crippen LogP contribution in [0.15, 0.2) is 12.1 Å². The highest BCUT2D eigenvalue weighted by atomic mass is 19.3. The summed E-state index contributed by atoms with van der Waals surface area (Å²) in [6.45, 7) is 3.33. The molecule has 0 aliphatic heterocycles. The van der Waals surface area contributed by atoms with Crippen LogP contribution in [-0.4, -0.2) is 25.3 Å². The van der Waals surface area contributed by atoms with Crippen molar-refractivity contribution in [2.24, 2.45) is 0 Å². The van der Waals surface area contributed by atoms with Gasteiger partial charge >= 0.3 is 5.97 Å². The third kappa shape index (κ3) is 3.37. The molecule has 0 heterocycles. The number of rotatable bonds is 6. The van der Waals surface area contributed by atoms with Crippen molar-refractivity contribution in [3.05, 3.63) is 23.3 Å². The quantitative estimate of drug-likeness (QED) is 0.871. The summed E-state index contributed by atoms with van der Waals surface area (Å²) in [6, 6.07) is 2.62. The topological polar surface area (TPSA) is 55.8 Å². The summed E-state index contributed by atoms with van der Waals surface area (Å²) in [6.07, 6.45) is -2.91. The fraction of sp³-hybridized carbons (Fsp3) is 0.500. The maximum absolute atomic E-state index is 13.0. The molecule has 0 unspecified atom stereocenters. The van der Waals surface area contributed by atoms with Gasteiger partial charge in [-0.15, -0.1) is 0 Å². The fourth-order valence-electron chi connectivity index (χ4n) is 2.10. The van der Waals surface area contributed by atoms with Gasteiger partial charge in [0.05, 0.1) is 26.2 Å². The summed E-state index contributed by atoms with van der Waals surface area (Å²) in [5, 5.41) is 8.94. The van der Waals surface area contributed by atoms with Crippen molar-refractivity contribution in [3.8, 4) is 11.5 Å². The van der Waals surface area contributed by atoms with Gasteiger partial charge in [0.15, 0.2) is 0 Å². The Hall–Kier alpha value is -1.85. The number of halogens is 2. The minimum atomic E-state index is -2.71. The number of benzene rings is 1. The van der Waals surface area contributed by atoms with E-state index in [4.69, 9.17) is 14.6 Å². The van der Waals surface area contributed by atoms with Gasteiger partial charge in [-0.05, 0) is 6.07 Å². The molecule has 20 heavy (non-hydrogen) atoms. The van der Waals surface area contributed by atoms with Crippen molar-refractivity contribution in [2.75, 3.05) is 14.2 Å². The van der Waals surface area contributed by atoms with Gasteiger partial charge in [0.1, 0.15) is 11.5 Å². The Morgan fingerprint density at radius 1 is 1.25 bits per heavy atom. The second-order valence-corrected chi connectivity index (χ2v) is 5.05. The highest BCUT2D eigenvalue weighted by Gasteiger charge is 2.30. The summed E-state index contributed by atoms with van der Waals surface area (Å²) < 4.78 is 36.2. The van der Waals surface area contributed by atoms with Crippen LogP contribution in [0.4, 0.5) is 8.78 Å². The molecular formula is C14H18F2O4. The van der Waals surface area contributed by atoms with Crippen LogP contribution in [0.3, 0.4) is 0 Å². The van der Waals surface area contributed by atoms with E-state index in [2.05, 4.69) is 0 Å². The zero-order valence-corrected chi connectivity index (χ0v) is 11.9. The molecule has 0 amide bonds.